The van der Waals surface area contributed by atoms with Crippen LogP contribution in [-0.2, 0) is 32.3 Å². The summed E-state index contributed by atoms with van der Waals surface area (Å²) in [6, 6.07) is 2.89. The number of pyridine rings is 1. The van der Waals surface area contributed by atoms with Gasteiger partial charge in [-0.2, -0.15) is 0 Å². The highest BCUT2D eigenvalue weighted by Crippen LogP contribution is 2.16. The summed E-state index contributed by atoms with van der Waals surface area (Å²) >= 11 is 0. The molecular formula is C27H44N6O9. The summed E-state index contributed by atoms with van der Waals surface area (Å²) in [5, 5.41) is 52.7. The van der Waals surface area contributed by atoms with Gasteiger partial charge < -0.3 is 41.1 Å². The van der Waals surface area contributed by atoms with Crippen LogP contribution in [0.25, 0.3) is 0 Å². The highest BCUT2D eigenvalue weighted by molar-refractivity contribution is 5.85. The van der Waals surface area contributed by atoms with Gasteiger partial charge in [-0.25, -0.2) is 0 Å². The van der Waals surface area contributed by atoms with Crippen molar-refractivity contribution in [2.75, 3.05) is 59.5 Å². The molecule has 2 amide bonds. The number of fused-ring (bicyclic) bond motifs is 2. The number of rotatable bonds is 14. The van der Waals surface area contributed by atoms with E-state index in [0.29, 0.717) is 24.5 Å². The van der Waals surface area contributed by atoms with Crippen LogP contribution in [0.2, 0.25) is 0 Å². The summed E-state index contributed by atoms with van der Waals surface area (Å²) < 4.78 is 0. The van der Waals surface area contributed by atoms with E-state index in [0.717, 1.165) is 0 Å². The second-order valence-corrected chi connectivity index (χ2v) is 10.7. The number of nitrogens with one attached hydrogen (secondary N) is 2. The number of aliphatic carboxylic acids is 2. The summed E-state index contributed by atoms with van der Waals surface area (Å²) in [5.41, 5.74) is 1.07. The summed E-state index contributed by atoms with van der Waals surface area (Å²) in [4.78, 5) is 59.4. The Morgan fingerprint density at radius 3 is 1.74 bits per heavy atom. The molecule has 15 nitrogen and oxygen atoms in total. The number of aromatic nitrogens is 1. The molecule has 2 rings (SSSR count). The van der Waals surface area contributed by atoms with Crippen molar-refractivity contribution in [1.29, 1.82) is 0 Å². The maximum absolute atomic E-state index is 12.5. The predicted octanol–water partition coefficient (Wildman–Crippen LogP) is -2.47. The SMILES string of the molecule is CC(CO)CNC(=O)CC(C(=O)O)N1CCN(C)CCN(C(CC(=O)NCC(O)CO)C(=O)O)Cc2cccc(n2)C1. The van der Waals surface area contributed by atoms with Gasteiger partial charge in [0.2, 0.25) is 11.8 Å². The smallest absolute Gasteiger partial charge is 0.321 e. The van der Waals surface area contributed by atoms with Crippen LogP contribution >= 0.6 is 0 Å². The zero-order valence-electron chi connectivity index (χ0n) is 24.2. The minimum Gasteiger partial charge on any atom is -0.480 e. The van der Waals surface area contributed by atoms with E-state index >= 15 is 0 Å². The van der Waals surface area contributed by atoms with Gasteiger partial charge in [0, 0.05) is 59.0 Å². The van der Waals surface area contributed by atoms with E-state index < -0.39 is 48.5 Å². The average Bonchev–Trinajstić information content (AvgIpc) is 2.95. The van der Waals surface area contributed by atoms with Crippen molar-refractivity contribution in [3.63, 3.8) is 0 Å². The molecule has 1 aromatic heterocycles. The second-order valence-electron chi connectivity index (χ2n) is 10.7. The molecule has 0 aliphatic carbocycles. The molecule has 42 heavy (non-hydrogen) atoms. The third-order valence-electron chi connectivity index (χ3n) is 7.05. The van der Waals surface area contributed by atoms with Crippen LogP contribution in [0.4, 0.5) is 0 Å². The molecule has 0 radical (unpaired) electrons. The molecular weight excluding hydrogens is 552 g/mol. The van der Waals surface area contributed by atoms with Crippen molar-refractivity contribution in [3.8, 4) is 0 Å². The van der Waals surface area contributed by atoms with Gasteiger partial charge in [0.1, 0.15) is 12.1 Å². The largest absolute Gasteiger partial charge is 0.480 e. The molecule has 0 spiro atoms. The number of carboxylic acid groups (broad SMARTS) is 2. The molecule has 2 bridgehead atoms. The lowest BCUT2D eigenvalue weighted by Gasteiger charge is -2.33. The van der Waals surface area contributed by atoms with Crippen LogP contribution in [0.5, 0.6) is 0 Å². The number of likely N-dealkylation sites (N-methyl/N-ethyl adjacent to an activating group) is 1. The first-order valence-electron chi connectivity index (χ1n) is 13.9. The Bertz CT molecular complexity index is 970. The van der Waals surface area contributed by atoms with Crippen LogP contribution in [0.3, 0.4) is 0 Å². The molecule has 0 saturated carbocycles. The van der Waals surface area contributed by atoms with Crippen molar-refractivity contribution in [1.82, 2.24) is 30.3 Å². The fraction of sp³-hybridized carbons (Fsp3) is 0.667. The predicted molar refractivity (Wildman–Crippen MR) is 150 cm³/mol. The molecule has 1 aliphatic heterocycles. The zero-order valence-corrected chi connectivity index (χ0v) is 24.2. The second kappa shape index (κ2) is 17.7. The Hall–Kier alpha value is -3.21. The lowest BCUT2D eigenvalue weighted by Crippen LogP contribution is -2.49. The molecule has 4 atom stereocenters. The van der Waals surface area contributed by atoms with Crippen molar-refractivity contribution in [2.24, 2.45) is 5.92 Å². The fourth-order valence-corrected chi connectivity index (χ4v) is 4.41. The third kappa shape index (κ3) is 12.0. The standard InChI is InChI=1S/C27H44N6O9/c1-18(16-34)12-28-24(37)10-22(26(39)40)32-8-6-31(2)7-9-33(15-20-5-3-4-19(14-32)30-20)23(27(41)42)11-25(38)29-13-21(36)17-35/h3-5,18,21-23,34-36H,6-17H2,1-2H3,(H,28,37)(H,29,38)(H,39,40)(H,41,42). The number of aliphatic hydroxyl groups excluding tert-OH is 3. The monoisotopic (exact) mass is 596 g/mol. The van der Waals surface area contributed by atoms with Gasteiger partial charge in [0.25, 0.3) is 0 Å². The molecule has 4 unspecified atom stereocenters. The number of amides is 2. The van der Waals surface area contributed by atoms with Crippen LogP contribution in [0.1, 0.15) is 31.2 Å². The van der Waals surface area contributed by atoms with Gasteiger partial charge in [0.15, 0.2) is 0 Å². The van der Waals surface area contributed by atoms with Crippen LogP contribution in [0.15, 0.2) is 18.2 Å². The first kappa shape index (κ1) is 35.0. The highest BCUT2D eigenvalue weighted by atomic mass is 16.4. The van der Waals surface area contributed by atoms with E-state index in [1.165, 1.54) is 0 Å². The molecule has 0 aromatic carbocycles. The van der Waals surface area contributed by atoms with Crippen molar-refractivity contribution < 1.29 is 44.7 Å². The number of carbonyl (C=O) groups is 4. The van der Waals surface area contributed by atoms with Crippen LogP contribution in [-0.4, -0.2) is 147 Å². The summed E-state index contributed by atoms with van der Waals surface area (Å²) in [7, 11) is 1.82. The summed E-state index contributed by atoms with van der Waals surface area (Å²) in [6.45, 7) is 2.77. The van der Waals surface area contributed by atoms with Gasteiger partial charge in [-0.1, -0.05) is 13.0 Å². The molecule has 0 fully saturated rings. The minimum atomic E-state index is -1.19. The van der Waals surface area contributed by atoms with Gasteiger partial charge in [-0.15, -0.1) is 0 Å². The number of hydrogen-bond donors (Lipinski definition) is 7. The van der Waals surface area contributed by atoms with E-state index in [2.05, 4.69) is 15.6 Å². The maximum atomic E-state index is 12.5. The minimum absolute atomic E-state index is 0.101. The van der Waals surface area contributed by atoms with Gasteiger partial charge in [-0.3, -0.25) is 34.0 Å². The topological polar surface area (TPSA) is 216 Å². The molecule has 1 aromatic rings. The highest BCUT2D eigenvalue weighted by Gasteiger charge is 2.31. The van der Waals surface area contributed by atoms with E-state index in [-0.39, 0.29) is 64.6 Å². The van der Waals surface area contributed by atoms with Crippen molar-refractivity contribution in [3.05, 3.63) is 29.6 Å². The first-order chi connectivity index (χ1) is 19.9. The Balaban J connectivity index is 2.25. The van der Waals surface area contributed by atoms with Gasteiger partial charge >= 0.3 is 11.9 Å². The molecule has 1 aliphatic rings. The average molecular weight is 597 g/mol. The van der Waals surface area contributed by atoms with E-state index in [1.54, 1.807) is 34.9 Å². The number of nitrogens with zero attached hydrogens (tertiary/aromatic N) is 4. The maximum Gasteiger partial charge on any atom is 0.321 e. The van der Waals surface area contributed by atoms with E-state index in [1.807, 2.05) is 11.9 Å². The molecule has 7 N–H and O–H groups in total. The molecule has 15 heteroatoms. The fourth-order valence-electron chi connectivity index (χ4n) is 4.41. The van der Waals surface area contributed by atoms with Crippen molar-refractivity contribution >= 4 is 23.8 Å². The quantitative estimate of drug-likeness (QED) is 0.119. The Morgan fingerprint density at radius 1 is 0.833 bits per heavy atom. The van der Waals surface area contributed by atoms with E-state index in [9.17, 15) is 39.6 Å². The summed E-state index contributed by atoms with van der Waals surface area (Å²) in [5.74, 6) is -3.52. The number of hydrogen-bond acceptors (Lipinski definition) is 11. The molecule has 0 saturated heterocycles. The zero-order chi connectivity index (χ0) is 31.2. The molecule has 2 heterocycles. The Labute approximate surface area is 245 Å². The van der Waals surface area contributed by atoms with Crippen LogP contribution < -0.4 is 10.6 Å². The van der Waals surface area contributed by atoms with Crippen LogP contribution in [0, 0.1) is 5.92 Å². The van der Waals surface area contributed by atoms with Gasteiger partial charge in [0.05, 0.1) is 36.9 Å². The lowest BCUT2D eigenvalue weighted by molar-refractivity contribution is -0.146. The van der Waals surface area contributed by atoms with Gasteiger partial charge in [-0.05, 0) is 25.1 Å². The Morgan fingerprint density at radius 2 is 1.31 bits per heavy atom. The molecule has 236 valence electrons. The van der Waals surface area contributed by atoms with Crippen molar-refractivity contribution in [2.45, 2.75) is 51.0 Å². The third-order valence-corrected chi connectivity index (χ3v) is 7.05. The normalized spacial score (nSPS) is 18.5. The Kier molecular flexibility index (Phi) is 14.7. The summed E-state index contributed by atoms with van der Waals surface area (Å²) in [6.07, 6.45) is -1.80. The van der Waals surface area contributed by atoms with E-state index in [4.69, 9.17) is 5.11 Å². The lowest BCUT2D eigenvalue weighted by atomic mass is 10.1. The number of aliphatic hydroxyl groups is 3. The first-order valence-corrected chi connectivity index (χ1v) is 13.9. The number of carbonyl (C=O) groups excluding carboxylic acids is 2. The number of carboxylic acids is 2.